The Morgan fingerprint density at radius 3 is 1.88 bits per heavy atom. The van der Waals surface area contributed by atoms with Gasteiger partial charge in [-0.2, -0.15) is 0 Å². The van der Waals surface area contributed by atoms with Gasteiger partial charge in [-0.3, -0.25) is 4.79 Å². The highest BCUT2D eigenvalue weighted by Gasteiger charge is 2.26. The third-order valence-corrected chi connectivity index (χ3v) is 5.77. The predicted octanol–water partition coefficient (Wildman–Crippen LogP) is 9.14. The van der Waals surface area contributed by atoms with Crippen LogP contribution in [-0.2, 0) is 9.53 Å². The standard InChI is InChI=1S/C29H53NO3/c1-7-9-10-11-16-19-22-25-30(28(32)33-29(4,5)6)27(31)24-21-18-15-13-12-14-17-20-23-26(3)8-2/h8-10H,7,11-25H2,1-6H3/b10-9-,26-8-. The summed E-state index contributed by atoms with van der Waals surface area (Å²) < 4.78 is 5.50. The monoisotopic (exact) mass is 463 g/mol. The molecule has 0 N–H and O–H groups in total. The second-order valence-corrected chi connectivity index (χ2v) is 10.2. The SMILES string of the molecule is C/C=C(/C)CCCCCCCCCCC(=O)N(CCCCC/C=C\CC)C(=O)OC(C)(C)C. The molecule has 33 heavy (non-hydrogen) atoms. The van der Waals surface area contributed by atoms with Crippen molar-refractivity contribution in [2.45, 2.75) is 143 Å². The highest BCUT2D eigenvalue weighted by molar-refractivity contribution is 5.92. The molecule has 0 unspecified atom stereocenters. The molecule has 0 spiro atoms. The van der Waals surface area contributed by atoms with Gasteiger partial charge in [0.05, 0.1) is 0 Å². The van der Waals surface area contributed by atoms with E-state index in [1.54, 1.807) is 0 Å². The highest BCUT2D eigenvalue weighted by Crippen LogP contribution is 2.16. The lowest BCUT2D eigenvalue weighted by Crippen LogP contribution is -2.41. The summed E-state index contributed by atoms with van der Waals surface area (Å²) in [6.45, 7) is 12.4. The first-order valence-corrected chi connectivity index (χ1v) is 13.5. The van der Waals surface area contributed by atoms with E-state index in [2.05, 4.69) is 39.0 Å². The van der Waals surface area contributed by atoms with Crippen LogP contribution in [0.2, 0.25) is 0 Å². The minimum absolute atomic E-state index is 0.0884. The number of allylic oxidation sites excluding steroid dienone is 4. The van der Waals surface area contributed by atoms with Crippen LogP contribution in [0, 0.1) is 0 Å². The van der Waals surface area contributed by atoms with E-state index in [0.717, 1.165) is 44.9 Å². The van der Waals surface area contributed by atoms with E-state index < -0.39 is 11.7 Å². The molecule has 0 saturated carbocycles. The maximum absolute atomic E-state index is 12.8. The first-order chi connectivity index (χ1) is 15.7. The molecule has 0 atom stereocenters. The Morgan fingerprint density at radius 1 is 0.788 bits per heavy atom. The van der Waals surface area contributed by atoms with Crippen molar-refractivity contribution in [2.24, 2.45) is 0 Å². The van der Waals surface area contributed by atoms with Gasteiger partial charge in [-0.1, -0.05) is 75.7 Å². The van der Waals surface area contributed by atoms with Gasteiger partial charge in [0.15, 0.2) is 0 Å². The molecule has 192 valence electrons. The number of unbranched alkanes of at least 4 members (excludes halogenated alkanes) is 10. The fourth-order valence-corrected chi connectivity index (χ4v) is 3.65. The fourth-order valence-electron chi connectivity index (χ4n) is 3.65. The molecular formula is C29H53NO3. The largest absolute Gasteiger partial charge is 0.443 e. The van der Waals surface area contributed by atoms with Crippen LogP contribution in [0.1, 0.15) is 138 Å². The maximum Gasteiger partial charge on any atom is 0.417 e. The van der Waals surface area contributed by atoms with E-state index in [1.807, 2.05) is 20.8 Å². The molecule has 4 heteroatoms. The smallest absolute Gasteiger partial charge is 0.417 e. The summed E-state index contributed by atoms with van der Waals surface area (Å²) in [5, 5.41) is 0. The molecule has 0 aromatic rings. The molecule has 0 saturated heterocycles. The second kappa shape index (κ2) is 19.9. The summed E-state index contributed by atoms with van der Waals surface area (Å²) in [5.74, 6) is -0.0884. The molecule has 0 heterocycles. The Hall–Kier alpha value is -1.58. The van der Waals surface area contributed by atoms with Gasteiger partial charge in [0, 0.05) is 13.0 Å². The first-order valence-electron chi connectivity index (χ1n) is 13.5. The summed E-state index contributed by atoms with van der Waals surface area (Å²) in [6.07, 6.45) is 22.3. The second-order valence-electron chi connectivity index (χ2n) is 10.2. The van der Waals surface area contributed by atoms with Crippen LogP contribution in [0.5, 0.6) is 0 Å². The number of hydrogen-bond acceptors (Lipinski definition) is 3. The Kier molecular flexibility index (Phi) is 18.9. The quantitative estimate of drug-likeness (QED) is 0.150. The molecule has 4 nitrogen and oxygen atoms in total. The molecule has 0 radical (unpaired) electrons. The summed E-state index contributed by atoms with van der Waals surface area (Å²) >= 11 is 0. The third-order valence-electron chi connectivity index (χ3n) is 5.77. The average molecular weight is 464 g/mol. The molecule has 2 amide bonds. The molecule has 0 aliphatic heterocycles. The van der Waals surface area contributed by atoms with Gasteiger partial charge in [-0.15, -0.1) is 0 Å². The molecule has 0 bridgehead atoms. The highest BCUT2D eigenvalue weighted by atomic mass is 16.6. The fraction of sp³-hybridized carbons (Fsp3) is 0.793. The number of nitrogens with zero attached hydrogens (tertiary/aromatic N) is 1. The Labute approximate surface area is 205 Å². The van der Waals surface area contributed by atoms with Crippen molar-refractivity contribution in [3.63, 3.8) is 0 Å². The van der Waals surface area contributed by atoms with Crippen LogP contribution in [0.4, 0.5) is 4.79 Å². The molecule has 0 aliphatic carbocycles. The van der Waals surface area contributed by atoms with Gasteiger partial charge in [0.1, 0.15) is 5.60 Å². The molecule has 0 rings (SSSR count). The van der Waals surface area contributed by atoms with Crippen LogP contribution in [0.3, 0.4) is 0 Å². The number of imide groups is 1. The number of carbonyl (C=O) groups is 2. The lowest BCUT2D eigenvalue weighted by Gasteiger charge is -2.26. The molecule has 0 fully saturated rings. The predicted molar refractivity (Wildman–Crippen MR) is 141 cm³/mol. The van der Waals surface area contributed by atoms with Crippen molar-refractivity contribution < 1.29 is 14.3 Å². The minimum atomic E-state index is -0.591. The van der Waals surface area contributed by atoms with Gasteiger partial charge < -0.3 is 4.74 Å². The summed E-state index contributed by atoms with van der Waals surface area (Å²) in [5.41, 5.74) is 0.899. The van der Waals surface area contributed by atoms with Gasteiger partial charge in [0.2, 0.25) is 5.91 Å². The van der Waals surface area contributed by atoms with Crippen molar-refractivity contribution in [2.75, 3.05) is 6.54 Å². The average Bonchev–Trinajstić information content (AvgIpc) is 2.75. The maximum atomic E-state index is 12.8. The van der Waals surface area contributed by atoms with Crippen LogP contribution >= 0.6 is 0 Å². The lowest BCUT2D eigenvalue weighted by atomic mass is 10.0. The van der Waals surface area contributed by atoms with Crippen molar-refractivity contribution >= 4 is 12.0 Å². The Morgan fingerprint density at radius 2 is 1.33 bits per heavy atom. The lowest BCUT2D eigenvalue weighted by molar-refractivity contribution is -0.130. The minimum Gasteiger partial charge on any atom is -0.443 e. The van der Waals surface area contributed by atoms with E-state index in [4.69, 9.17) is 4.74 Å². The number of carbonyl (C=O) groups excluding carboxylic acids is 2. The van der Waals surface area contributed by atoms with Crippen LogP contribution in [0.25, 0.3) is 0 Å². The van der Waals surface area contributed by atoms with E-state index in [9.17, 15) is 9.59 Å². The summed E-state index contributed by atoms with van der Waals surface area (Å²) in [7, 11) is 0. The number of hydrogen-bond donors (Lipinski definition) is 0. The molecule has 0 aliphatic rings. The van der Waals surface area contributed by atoms with Crippen molar-refractivity contribution in [1.29, 1.82) is 0 Å². The van der Waals surface area contributed by atoms with Gasteiger partial charge in [0.25, 0.3) is 0 Å². The van der Waals surface area contributed by atoms with Crippen LogP contribution in [-0.4, -0.2) is 29.0 Å². The van der Waals surface area contributed by atoms with Gasteiger partial charge >= 0.3 is 6.09 Å². The number of amides is 2. The van der Waals surface area contributed by atoms with Gasteiger partial charge in [-0.25, -0.2) is 9.69 Å². The van der Waals surface area contributed by atoms with E-state index >= 15 is 0 Å². The molecule has 0 aromatic heterocycles. The normalized spacial score (nSPS) is 12.4. The topological polar surface area (TPSA) is 46.6 Å². The number of ether oxygens (including phenoxy) is 1. The zero-order valence-electron chi connectivity index (χ0n) is 22.7. The Bertz CT molecular complexity index is 572. The van der Waals surface area contributed by atoms with Crippen LogP contribution in [0.15, 0.2) is 23.8 Å². The zero-order chi connectivity index (χ0) is 25.0. The molecule has 0 aromatic carbocycles. The zero-order valence-corrected chi connectivity index (χ0v) is 22.7. The van der Waals surface area contributed by atoms with Crippen LogP contribution < -0.4 is 0 Å². The molecular weight excluding hydrogens is 410 g/mol. The van der Waals surface area contributed by atoms with E-state index in [1.165, 1.54) is 55.4 Å². The van der Waals surface area contributed by atoms with E-state index in [-0.39, 0.29) is 5.91 Å². The third kappa shape index (κ3) is 19.6. The van der Waals surface area contributed by atoms with Crippen molar-refractivity contribution in [3.8, 4) is 0 Å². The first kappa shape index (κ1) is 31.4. The van der Waals surface area contributed by atoms with Crippen molar-refractivity contribution in [1.82, 2.24) is 4.90 Å². The Balaban J connectivity index is 4.19. The summed E-state index contributed by atoms with van der Waals surface area (Å²) in [6, 6.07) is 0. The van der Waals surface area contributed by atoms with E-state index in [0.29, 0.717) is 13.0 Å². The summed E-state index contributed by atoms with van der Waals surface area (Å²) in [4.78, 5) is 26.7. The van der Waals surface area contributed by atoms with Crippen molar-refractivity contribution in [3.05, 3.63) is 23.8 Å². The van der Waals surface area contributed by atoms with Gasteiger partial charge in [-0.05, 0) is 79.6 Å². The number of rotatable bonds is 18.